The van der Waals surface area contributed by atoms with E-state index < -0.39 is 60.4 Å². The maximum atomic E-state index is 12.2. The number of nitrogens with zero attached hydrogens (tertiary/aromatic N) is 3. The van der Waals surface area contributed by atoms with Gasteiger partial charge in [0.1, 0.15) is 12.1 Å². The van der Waals surface area contributed by atoms with Gasteiger partial charge < -0.3 is 51.9 Å². The number of carbonyl (C=O) groups is 7. The molecule has 0 spiro atoms. The first kappa shape index (κ1) is 44.0. The molecule has 0 aliphatic carbocycles. The number of aliphatic carboxylic acids is 6. The Morgan fingerprint density at radius 3 is 1.81 bits per heavy atom. The summed E-state index contributed by atoms with van der Waals surface area (Å²) in [5, 5.41) is 66.3. The Kier molecular flexibility index (Phi) is 18.9. The summed E-state index contributed by atoms with van der Waals surface area (Å²) in [7, 11) is 0. The van der Waals surface area contributed by atoms with E-state index in [1.54, 1.807) is 26.8 Å². The van der Waals surface area contributed by atoms with Gasteiger partial charge in [0.15, 0.2) is 5.11 Å². The Bertz CT molecular complexity index is 1450. The van der Waals surface area contributed by atoms with Crippen LogP contribution in [0.5, 0.6) is 0 Å². The van der Waals surface area contributed by atoms with E-state index in [1.807, 2.05) is 12.1 Å². The molecule has 0 aromatic heterocycles. The van der Waals surface area contributed by atoms with E-state index in [1.165, 1.54) is 0 Å². The summed E-state index contributed by atoms with van der Waals surface area (Å²) in [5.41, 5.74) is 1.49. The van der Waals surface area contributed by atoms with Gasteiger partial charge in [0.2, 0.25) is 0 Å². The average molecular weight is 770 g/mol. The van der Waals surface area contributed by atoms with E-state index in [2.05, 4.69) is 21.3 Å². The van der Waals surface area contributed by atoms with Gasteiger partial charge in [-0.25, -0.2) is 14.4 Å². The number of benzene rings is 1. The Morgan fingerprint density at radius 2 is 1.25 bits per heavy atom. The van der Waals surface area contributed by atoms with Crippen LogP contribution in [0.2, 0.25) is 0 Å². The molecule has 294 valence electrons. The minimum Gasteiger partial charge on any atom is -0.481 e. The molecular weight excluding hydrogens is 722 g/mol. The highest BCUT2D eigenvalue weighted by molar-refractivity contribution is 7.80. The van der Waals surface area contributed by atoms with Crippen molar-refractivity contribution in [1.82, 2.24) is 30.7 Å². The van der Waals surface area contributed by atoms with Crippen molar-refractivity contribution in [3.63, 3.8) is 0 Å². The number of thiocarbonyl (C=S) groups is 1. The van der Waals surface area contributed by atoms with E-state index in [0.717, 1.165) is 5.56 Å². The standard InChI is InChI=1S/C32H47N7O13S/c40-25(41)9-8-24(30(50)51)36-31(52)35-23(29(48)49)3-1-2-10-33-32(53)34-21-6-4-20(5-7-21)15-22-16-38(18-27(44)45)12-11-37(17-26(42)43)13-14-39(22)19-28(46)47/h4-7,22-24H,1-3,8-19H2,(H,40,41)(H,42,43)(H,44,45)(H,46,47)(H,48,49)(H,50,51)(H2,33,34,53)(H2,35,36,52)/t22?,23-,24?/m0/s1. The summed E-state index contributed by atoms with van der Waals surface area (Å²) in [6.07, 6.45) is 0.359. The van der Waals surface area contributed by atoms with Gasteiger partial charge in [-0.1, -0.05) is 12.1 Å². The number of nitrogens with one attached hydrogen (secondary N) is 4. The predicted octanol–water partition coefficient (Wildman–Crippen LogP) is -0.702. The van der Waals surface area contributed by atoms with Gasteiger partial charge in [-0.3, -0.25) is 33.9 Å². The Hall–Kier alpha value is -5.12. The van der Waals surface area contributed by atoms with Gasteiger partial charge in [0.05, 0.1) is 19.6 Å². The van der Waals surface area contributed by atoms with Crippen LogP contribution in [0.3, 0.4) is 0 Å². The molecule has 0 radical (unpaired) electrons. The minimum absolute atomic E-state index is 0.0263. The fourth-order valence-electron chi connectivity index (χ4n) is 5.60. The van der Waals surface area contributed by atoms with Gasteiger partial charge in [-0.2, -0.15) is 0 Å². The number of hydrogen-bond donors (Lipinski definition) is 10. The molecule has 20 nitrogen and oxygen atoms in total. The number of unbranched alkanes of at least 4 members (excludes halogenated alkanes) is 1. The molecule has 0 saturated carbocycles. The second-order valence-electron chi connectivity index (χ2n) is 12.4. The molecule has 1 aromatic rings. The first-order valence-corrected chi connectivity index (χ1v) is 17.2. The molecule has 1 aromatic carbocycles. The van der Waals surface area contributed by atoms with E-state index >= 15 is 0 Å². The third-order valence-corrected chi connectivity index (χ3v) is 8.47. The summed E-state index contributed by atoms with van der Waals surface area (Å²) in [5.74, 6) is -7.18. The molecule has 1 aliphatic rings. The largest absolute Gasteiger partial charge is 0.481 e. The van der Waals surface area contributed by atoms with Crippen molar-refractivity contribution in [2.45, 2.75) is 56.7 Å². The highest BCUT2D eigenvalue weighted by Gasteiger charge is 2.28. The SMILES string of the molecule is O=C(O)CCC(NC(=O)N[C@@H](CCCCNC(=S)Nc1ccc(CC2CN(CC(=O)O)CCN(CC(=O)O)CCN2CC(=O)O)cc1)C(=O)O)C(=O)O. The number of carboxylic acid groups (broad SMARTS) is 6. The lowest BCUT2D eigenvalue weighted by Crippen LogP contribution is -2.51. The highest BCUT2D eigenvalue weighted by atomic mass is 32.1. The smallest absolute Gasteiger partial charge is 0.326 e. The molecule has 10 N–H and O–H groups in total. The second-order valence-corrected chi connectivity index (χ2v) is 12.8. The fourth-order valence-corrected chi connectivity index (χ4v) is 5.82. The zero-order chi connectivity index (χ0) is 39.5. The van der Waals surface area contributed by atoms with Crippen LogP contribution in [0, 0.1) is 0 Å². The maximum absolute atomic E-state index is 12.2. The minimum atomic E-state index is -1.50. The van der Waals surface area contributed by atoms with E-state index in [0.29, 0.717) is 51.1 Å². The van der Waals surface area contributed by atoms with Gasteiger partial charge >= 0.3 is 41.8 Å². The monoisotopic (exact) mass is 769 g/mol. The molecular formula is C32H47N7O13S. The second kappa shape index (κ2) is 22.7. The zero-order valence-electron chi connectivity index (χ0n) is 28.9. The van der Waals surface area contributed by atoms with Crippen molar-refractivity contribution in [2.24, 2.45) is 0 Å². The molecule has 2 unspecified atom stereocenters. The Balaban J connectivity index is 1.91. The maximum Gasteiger partial charge on any atom is 0.326 e. The number of anilines is 1. The molecule has 0 bridgehead atoms. The number of amides is 2. The normalized spacial score (nSPS) is 16.8. The lowest BCUT2D eigenvalue weighted by atomic mass is 10.0. The van der Waals surface area contributed by atoms with Crippen molar-refractivity contribution in [2.75, 3.05) is 64.2 Å². The molecule has 3 atom stereocenters. The van der Waals surface area contributed by atoms with Crippen LogP contribution in [0.1, 0.15) is 37.7 Å². The summed E-state index contributed by atoms with van der Waals surface area (Å²) in [6.45, 7) is 0.951. The third-order valence-electron chi connectivity index (χ3n) is 8.22. The van der Waals surface area contributed by atoms with Crippen molar-refractivity contribution >= 4 is 64.9 Å². The number of urea groups is 1. The van der Waals surface area contributed by atoms with Crippen LogP contribution < -0.4 is 21.3 Å². The van der Waals surface area contributed by atoms with Gasteiger partial charge in [0, 0.05) is 57.4 Å². The van der Waals surface area contributed by atoms with Gasteiger partial charge in [-0.15, -0.1) is 0 Å². The average Bonchev–Trinajstić information content (AvgIpc) is 3.12. The summed E-state index contributed by atoms with van der Waals surface area (Å²) >= 11 is 5.35. The van der Waals surface area contributed by atoms with Crippen LogP contribution in [-0.2, 0) is 35.2 Å². The van der Waals surface area contributed by atoms with Crippen molar-refractivity contribution in [3.05, 3.63) is 29.8 Å². The first-order valence-electron chi connectivity index (χ1n) is 16.7. The summed E-state index contributed by atoms with van der Waals surface area (Å²) < 4.78 is 0. The fraction of sp³-hybridized carbons (Fsp3) is 0.562. The summed E-state index contributed by atoms with van der Waals surface area (Å²) in [6, 6.07) is 2.95. The quantitative estimate of drug-likeness (QED) is 0.0546. The lowest BCUT2D eigenvalue weighted by Gasteiger charge is -2.33. The molecule has 2 amide bonds. The molecule has 1 saturated heterocycles. The molecule has 2 rings (SSSR count). The van der Waals surface area contributed by atoms with Crippen LogP contribution in [-0.4, -0.2) is 169 Å². The van der Waals surface area contributed by atoms with Crippen LogP contribution in [0.15, 0.2) is 24.3 Å². The summed E-state index contributed by atoms with van der Waals surface area (Å²) in [4.78, 5) is 85.6. The predicted molar refractivity (Wildman–Crippen MR) is 191 cm³/mol. The lowest BCUT2D eigenvalue weighted by molar-refractivity contribution is -0.141. The number of carbonyl (C=O) groups excluding carboxylic acids is 1. The van der Waals surface area contributed by atoms with Crippen molar-refractivity contribution in [3.8, 4) is 0 Å². The molecule has 1 fully saturated rings. The highest BCUT2D eigenvalue weighted by Crippen LogP contribution is 2.16. The van der Waals surface area contributed by atoms with Crippen LogP contribution in [0.25, 0.3) is 0 Å². The topological polar surface area (TPSA) is 299 Å². The molecule has 21 heteroatoms. The number of carboxylic acids is 6. The van der Waals surface area contributed by atoms with Crippen molar-refractivity contribution < 1.29 is 64.2 Å². The number of hydrogen-bond acceptors (Lipinski definition) is 11. The van der Waals surface area contributed by atoms with E-state index in [9.17, 15) is 59.1 Å². The van der Waals surface area contributed by atoms with Gasteiger partial charge in [0.25, 0.3) is 0 Å². The Labute approximate surface area is 310 Å². The molecule has 1 heterocycles. The van der Waals surface area contributed by atoms with Crippen LogP contribution >= 0.6 is 12.2 Å². The van der Waals surface area contributed by atoms with Gasteiger partial charge in [-0.05, 0) is 62.0 Å². The van der Waals surface area contributed by atoms with Crippen LogP contribution in [0.4, 0.5) is 10.5 Å². The molecule has 53 heavy (non-hydrogen) atoms. The van der Waals surface area contributed by atoms with E-state index in [4.69, 9.17) is 17.3 Å². The first-order chi connectivity index (χ1) is 25.0. The van der Waals surface area contributed by atoms with Crippen molar-refractivity contribution in [1.29, 1.82) is 0 Å². The molecule has 1 aliphatic heterocycles. The third kappa shape index (κ3) is 18.3. The Morgan fingerprint density at radius 1 is 0.698 bits per heavy atom. The van der Waals surface area contributed by atoms with E-state index in [-0.39, 0.29) is 56.7 Å². The zero-order valence-corrected chi connectivity index (χ0v) is 29.8. The number of rotatable bonds is 21.